The number of benzene rings is 2. The minimum atomic E-state index is -4.41. The fourth-order valence-electron chi connectivity index (χ4n) is 2.24. The van der Waals surface area contributed by atoms with Crippen molar-refractivity contribution in [1.82, 2.24) is 4.72 Å². The van der Waals surface area contributed by atoms with Gasteiger partial charge in [0, 0.05) is 30.6 Å². The van der Waals surface area contributed by atoms with Crippen molar-refractivity contribution in [2.45, 2.75) is 10.9 Å². The van der Waals surface area contributed by atoms with Crippen molar-refractivity contribution in [3.63, 3.8) is 0 Å². The Hall–Kier alpha value is -2.16. The van der Waals surface area contributed by atoms with Gasteiger partial charge in [0.1, 0.15) is 6.04 Å². The van der Waals surface area contributed by atoms with E-state index in [0.29, 0.717) is 10.8 Å². The number of nitrogens with zero attached hydrogens (tertiary/aromatic N) is 1. The number of carbonyl (C=O) groups is 1. The molecule has 0 radical (unpaired) electrons. The smallest absolute Gasteiger partial charge is 0.324 e. The van der Waals surface area contributed by atoms with Gasteiger partial charge >= 0.3 is 5.97 Å². The summed E-state index contributed by atoms with van der Waals surface area (Å²) in [6.07, 6.45) is 0. The third-order valence-electron chi connectivity index (χ3n) is 3.28. The minimum Gasteiger partial charge on any atom is -0.480 e. The van der Waals surface area contributed by atoms with E-state index >= 15 is 0 Å². The minimum absolute atomic E-state index is 0.204. The summed E-state index contributed by atoms with van der Waals surface area (Å²) in [5, 5.41) is 19.3. The average molecular weight is 342 g/mol. The quantitative estimate of drug-likeness (QED) is 0.711. The fraction of sp³-hybridized carbons (Fsp3) is 0.267. The van der Waals surface area contributed by atoms with Crippen LogP contribution in [0.4, 0.5) is 5.69 Å². The molecule has 2 aromatic carbocycles. The molecule has 0 aliphatic carbocycles. The molecule has 0 aliphatic heterocycles. The molecular formula is C15H18N2O5S. The standard InChI is InChI=1S/C15H18N2O5S/c1-17(2)13-7-3-6-11-10(13)5-4-8-14(11)23(21,22)16-12(9-18)15(19)20/h3-8,12,16,18H,9H2,1-2H3,(H,19,20)/t12-/m1/s1/i9T2. The van der Waals surface area contributed by atoms with Gasteiger partial charge in [0.25, 0.3) is 0 Å². The largest absolute Gasteiger partial charge is 0.480 e. The molecule has 8 heteroatoms. The van der Waals surface area contributed by atoms with Crippen molar-refractivity contribution < 1.29 is 26.2 Å². The highest BCUT2D eigenvalue weighted by Crippen LogP contribution is 2.30. The van der Waals surface area contributed by atoms with Gasteiger partial charge in [-0.1, -0.05) is 24.3 Å². The highest BCUT2D eigenvalue weighted by molar-refractivity contribution is 7.89. The van der Waals surface area contributed by atoms with E-state index in [2.05, 4.69) is 0 Å². The van der Waals surface area contributed by atoms with Gasteiger partial charge < -0.3 is 15.1 Å². The first-order valence-electron chi connectivity index (χ1n) is 7.62. The Morgan fingerprint density at radius 2 is 1.87 bits per heavy atom. The van der Waals surface area contributed by atoms with Gasteiger partial charge in [-0.25, -0.2) is 8.42 Å². The van der Waals surface area contributed by atoms with Crippen molar-refractivity contribution in [2.24, 2.45) is 0 Å². The van der Waals surface area contributed by atoms with Crippen molar-refractivity contribution in [1.29, 1.82) is 0 Å². The Kier molecular flexibility index (Phi) is 4.10. The molecule has 0 unspecified atom stereocenters. The van der Waals surface area contributed by atoms with E-state index in [1.165, 1.54) is 12.1 Å². The summed E-state index contributed by atoms with van der Waals surface area (Å²) in [7, 11) is -0.805. The number of sulfonamides is 1. The summed E-state index contributed by atoms with van der Waals surface area (Å²) in [6, 6.07) is 7.22. The zero-order valence-electron chi connectivity index (χ0n) is 14.5. The van der Waals surface area contributed by atoms with Crippen LogP contribution in [0.15, 0.2) is 41.3 Å². The summed E-state index contributed by atoms with van der Waals surface area (Å²) in [5.74, 6) is -1.83. The number of nitrogens with one attached hydrogen (secondary N) is 1. The van der Waals surface area contributed by atoms with Crippen molar-refractivity contribution in [2.75, 3.05) is 25.6 Å². The van der Waals surface area contributed by atoms with Gasteiger partial charge in [-0.15, -0.1) is 0 Å². The van der Waals surface area contributed by atoms with Gasteiger partial charge in [-0.2, -0.15) is 4.72 Å². The van der Waals surface area contributed by atoms with Crippen molar-refractivity contribution in [3.8, 4) is 0 Å². The molecular weight excluding hydrogens is 320 g/mol. The highest BCUT2D eigenvalue weighted by atomic mass is 32.2. The Morgan fingerprint density at radius 1 is 1.26 bits per heavy atom. The van der Waals surface area contributed by atoms with Gasteiger partial charge in [0.2, 0.25) is 10.0 Å². The molecule has 3 N–H and O–H groups in total. The number of hydrogen-bond acceptors (Lipinski definition) is 5. The number of carboxylic acids is 1. The first kappa shape index (κ1) is 14.4. The molecule has 2 rings (SSSR count). The van der Waals surface area contributed by atoms with Crippen LogP contribution in [0.5, 0.6) is 0 Å². The van der Waals surface area contributed by atoms with Crippen LogP contribution in [-0.2, 0) is 14.8 Å². The predicted molar refractivity (Wildman–Crippen MR) is 87.1 cm³/mol. The third-order valence-corrected chi connectivity index (χ3v) is 4.76. The second kappa shape index (κ2) is 6.53. The van der Waals surface area contributed by atoms with Crippen molar-refractivity contribution >= 4 is 32.5 Å². The van der Waals surface area contributed by atoms with Crippen LogP contribution in [0.2, 0.25) is 0 Å². The maximum atomic E-state index is 12.6. The molecule has 1 atom stereocenters. The topological polar surface area (TPSA) is 107 Å². The van der Waals surface area contributed by atoms with E-state index < -0.39 is 28.6 Å². The second-order valence-electron chi connectivity index (χ2n) is 5.04. The Bertz CT molecular complexity index is 910. The van der Waals surface area contributed by atoms with Crippen LogP contribution in [0.25, 0.3) is 10.8 Å². The number of hydrogen-bond donors (Lipinski definition) is 3. The monoisotopic (exact) mass is 342 g/mol. The first-order valence-corrected chi connectivity index (χ1v) is 8.10. The molecule has 0 bridgehead atoms. The lowest BCUT2D eigenvalue weighted by atomic mass is 10.1. The van der Waals surface area contributed by atoms with Gasteiger partial charge in [0.05, 0.1) is 14.2 Å². The molecule has 0 saturated carbocycles. The summed E-state index contributed by atoms with van der Waals surface area (Å²) in [4.78, 5) is 12.7. The van der Waals surface area contributed by atoms with E-state index in [0.717, 1.165) is 5.69 Å². The lowest BCUT2D eigenvalue weighted by Crippen LogP contribution is -2.43. The summed E-state index contributed by atoms with van der Waals surface area (Å²) in [6.45, 7) is -3.27. The van der Waals surface area contributed by atoms with E-state index in [9.17, 15) is 18.3 Å². The predicted octanol–water partition coefficient (Wildman–Crippen LogP) is 0.630. The van der Waals surface area contributed by atoms with E-state index in [1.807, 2.05) is 0 Å². The normalized spacial score (nSPS) is 14.9. The SMILES string of the molecule is [3H]C([3H])(O)[C@@H](NS(=O)(=O)c1cccc2c(N(C)C)cccc12)C(=O)O. The molecule has 0 spiro atoms. The van der Waals surface area contributed by atoms with Gasteiger partial charge in [-0.05, 0) is 12.1 Å². The molecule has 0 aromatic heterocycles. The highest BCUT2D eigenvalue weighted by Gasteiger charge is 2.26. The maximum Gasteiger partial charge on any atom is 0.324 e. The third kappa shape index (κ3) is 3.44. The number of carboxylic acid groups (broad SMARTS) is 1. The molecule has 2 aromatic rings. The zero-order valence-corrected chi connectivity index (χ0v) is 13.3. The lowest BCUT2D eigenvalue weighted by Gasteiger charge is -2.18. The Balaban J connectivity index is 2.61. The molecule has 0 saturated heterocycles. The Morgan fingerprint density at radius 3 is 2.43 bits per heavy atom. The van der Waals surface area contributed by atoms with E-state index in [4.69, 9.17) is 7.85 Å². The molecule has 0 amide bonds. The summed E-state index contributed by atoms with van der Waals surface area (Å²) < 4.78 is 41.2. The van der Waals surface area contributed by atoms with Crippen LogP contribution >= 0.6 is 0 Å². The van der Waals surface area contributed by atoms with E-state index in [1.54, 1.807) is 48.0 Å². The van der Waals surface area contributed by atoms with Crippen LogP contribution in [0.3, 0.4) is 0 Å². The maximum absolute atomic E-state index is 12.6. The lowest BCUT2D eigenvalue weighted by molar-refractivity contribution is -0.139. The molecule has 7 nitrogen and oxygen atoms in total. The van der Waals surface area contributed by atoms with Crippen LogP contribution in [0, 0.1) is 0 Å². The van der Waals surface area contributed by atoms with Crippen LogP contribution in [0.1, 0.15) is 2.74 Å². The average Bonchev–Trinajstić information content (AvgIpc) is 2.50. The molecule has 0 heterocycles. The first-order chi connectivity index (χ1) is 11.4. The Labute approximate surface area is 137 Å². The number of fused-ring (bicyclic) bond motifs is 1. The molecule has 0 fully saturated rings. The number of anilines is 1. The molecule has 124 valence electrons. The molecule has 23 heavy (non-hydrogen) atoms. The van der Waals surface area contributed by atoms with Crippen LogP contribution in [-0.4, -0.2) is 51.3 Å². The van der Waals surface area contributed by atoms with Gasteiger partial charge in [0.15, 0.2) is 0 Å². The van der Waals surface area contributed by atoms with Crippen LogP contribution < -0.4 is 9.62 Å². The fourth-order valence-corrected chi connectivity index (χ4v) is 3.56. The molecule has 0 aliphatic rings. The van der Waals surface area contributed by atoms with E-state index in [-0.39, 0.29) is 4.90 Å². The number of aliphatic carboxylic acids is 1. The summed E-state index contributed by atoms with van der Waals surface area (Å²) in [5.41, 5.74) is 0.766. The summed E-state index contributed by atoms with van der Waals surface area (Å²) >= 11 is 0. The number of aliphatic hydroxyl groups is 1. The number of rotatable bonds is 6. The second-order valence-corrected chi connectivity index (χ2v) is 6.73. The zero-order chi connectivity index (χ0) is 19.0. The van der Waals surface area contributed by atoms with Gasteiger partial charge in [-0.3, -0.25) is 4.79 Å². The van der Waals surface area contributed by atoms with Crippen molar-refractivity contribution in [3.05, 3.63) is 36.4 Å².